The molecule has 0 aliphatic heterocycles. The Morgan fingerprint density at radius 1 is 1.12 bits per heavy atom. The summed E-state index contributed by atoms with van der Waals surface area (Å²) in [7, 11) is 2.87. The monoisotopic (exact) mass is 558 g/mol. The Hall–Kier alpha value is -3.78. The molecule has 1 aromatic carbocycles. The van der Waals surface area contributed by atoms with Crippen LogP contribution in [0.25, 0.3) is 5.76 Å². The second-order valence-corrected chi connectivity index (χ2v) is 11.2. The Morgan fingerprint density at radius 3 is 2.25 bits per heavy atom. The molecule has 1 aromatic rings. The zero-order valence-electron chi connectivity index (χ0n) is 22.7. The van der Waals surface area contributed by atoms with Gasteiger partial charge in [-0.15, -0.1) is 0 Å². The van der Waals surface area contributed by atoms with Crippen molar-refractivity contribution in [1.29, 1.82) is 0 Å². The maximum Gasteiger partial charge on any atom is 0.255 e. The maximum absolute atomic E-state index is 14.0. The normalized spacial score (nSPS) is 30.7. The van der Waals surface area contributed by atoms with Crippen LogP contribution in [0, 0.1) is 17.8 Å². The van der Waals surface area contributed by atoms with Crippen molar-refractivity contribution in [3.63, 3.8) is 0 Å². The summed E-state index contributed by atoms with van der Waals surface area (Å²) in [6, 6.07) is 0.552. The number of nitrogens with zero attached hydrogens (tertiary/aromatic N) is 1. The number of likely N-dealkylation sites (N-methyl/N-ethyl adjacent to an activating group) is 1. The molecule has 216 valence electrons. The molecule has 0 bridgehead atoms. The van der Waals surface area contributed by atoms with Crippen molar-refractivity contribution < 1.29 is 44.7 Å². The van der Waals surface area contributed by atoms with Crippen molar-refractivity contribution in [2.45, 2.75) is 50.5 Å². The lowest BCUT2D eigenvalue weighted by atomic mass is 9.54. The van der Waals surface area contributed by atoms with Crippen LogP contribution in [-0.2, 0) is 19.2 Å². The molecule has 1 fully saturated rings. The van der Waals surface area contributed by atoms with Gasteiger partial charge in [0.2, 0.25) is 11.7 Å². The number of carbonyl (C=O) groups excluding carboxylic acids is 4. The molecule has 0 heterocycles. The number of hydrogen-bond acceptors (Lipinski definition) is 11. The first kappa shape index (κ1) is 29.2. The largest absolute Gasteiger partial charge is 0.508 e. The summed E-state index contributed by atoms with van der Waals surface area (Å²) in [6.07, 6.45) is -1.69. The molecule has 0 aromatic heterocycles. The van der Waals surface area contributed by atoms with E-state index in [0.29, 0.717) is 5.56 Å². The van der Waals surface area contributed by atoms with Crippen LogP contribution >= 0.6 is 0 Å². The number of phenols is 1. The molecular weight excluding hydrogens is 524 g/mol. The lowest BCUT2D eigenvalue weighted by Gasteiger charge is -2.53. The van der Waals surface area contributed by atoms with E-state index in [2.05, 4.69) is 5.32 Å². The lowest BCUT2D eigenvalue weighted by Crippen LogP contribution is -2.70. The first-order valence-electron chi connectivity index (χ1n) is 12.7. The molecular formula is C27H34N4O9. The summed E-state index contributed by atoms with van der Waals surface area (Å²) in [5.74, 6) is -10.7. The Morgan fingerprint density at radius 2 is 1.73 bits per heavy atom. The summed E-state index contributed by atoms with van der Waals surface area (Å²) in [6.45, 7) is 5.09. The van der Waals surface area contributed by atoms with Crippen LogP contribution in [-0.4, -0.2) is 91.7 Å². The predicted molar refractivity (Wildman–Crippen MR) is 142 cm³/mol. The number of primary amides is 1. The van der Waals surface area contributed by atoms with Crippen molar-refractivity contribution >= 4 is 34.8 Å². The zero-order valence-corrected chi connectivity index (χ0v) is 22.7. The molecule has 3 unspecified atom stereocenters. The molecule has 0 saturated heterocycles. The Labute approximate surface area is 229 Å². The topological polar surface area (TPSA) is 237 Å². The number of amides is 2. The second-order valence-electron chi connectivity index (χ2n) is 11.2. The molecule has 3 aliphatic carbocycles. The van der Waals surface area contributed by atoms with Gasteiger partial charge in [0, 0.05) is 11.5 Å². The van der Waals surface area contributed by atoms with E-state index < -0.39 is 93.3 Å². The first-order chi connectivity index (χ1) is 18.5. The van der Waals surface area contributed by atoms with Crippen molar-refractivity contribution in [2.75, 3.05) is 19.4 Å². The summed E-state index contributed by atoms with van der Waals surface area (Å²) in [4.78, 5) is 53.1. The number of nitrogens with two attached hydrogens (primary N) is 2. The standard InChI is InChI=1S/C27H34N4O9/c1-8(2)17(28)26(39)30-11-7-6-10-9(3)12-14(20(33)13(10)19(11)32)23(36)27(40)16(21(12)34)18(31(4)5)22(35)15(24(27)37)25(29)38/h6-9,12,16-18,21,32-34,37,40H,28H2,1-5H3,(H2,29,38)(H,30,39)/t9-,12?,16?,17-,18-,21?,27-/m0/s1. The fraction of sp³-hybridized carbons (Fsp3) is 0.481. The molecule has 10 N–H and O–H groups in total. The van der Waals surface area contributed by atoms with E-state index in [-0.39, 0.29) is 17.2 Å². The Balaban J connectivity index is 1.95. The number of nitrogens with one attached hydrogen (secondary N) is 1. The number of aliphatic hydroxyl groups is 4. The number of carbonyl (C=O) groups is 4. The molecule has 0 radical (unpaired) electrons. The fourth-order valence-corrected chi connectivity index (χ4v) is 6.24. The van der Waals surface area contributed by atoms with Gasteiger partial charge < -0.3 is 42.3 Å². The highest BCUT2D eigenvalue weighted by Crippen LogP contribution is 2.56. The molecule has 7 atom stereocenters. The van der Waals surface area contributed by atoms with Crippen LogP contribution in [0.15, 0.2) is 29.0 Å². The van der Waals surface area contributed by atoms with Crippen LogP contribution in [0.5, 0.6) is 5.75 Å². The van der Waals surface area contributed by atoms with Crippen LogP contribution in [0.2, 0.25) is 0 Å². The van der Waals surface area contributed by atoms with Gasteiger partial charge in [0.05, 0.1) is 35.4 Å². The average molecular weight is 559 g/mol. The highest BCUT2D eigenvalue weighted by atomic mass is 16.4. The molecule has 2 amide bonds. The molecule has 1 saturated carbocycles. The zero-order chi connectivity index (χ0) is 30.2. The van der Waals surface area contributed by atoms with Gasteiger partial charge in [0.1, 0.15) is 22.8 Å². The van der Waals surface area contributed by atoms with Gasteiger partial charge in [-0.25, -0.2) is 0 Å². The third kappa shape index (κ3) is 3.84. The van der Waals surface area contributed by atoms with Crippen LogP contribution in [0.3, 0.4) is 0 Å². The van der Waals surface area contributed by atoms with E-state index >= 15 is 0 Å². The quantitative estimate of drug-likeness (QED) is 0.168. The Bertz CT molecular complexity index is 1400. The number of rotatable bonds is 5. The van der Waals surface area contributed by atoms with E-state index in [1.807, 2.05) is 0 Å². The van der Waals surface area contributed by atoms with Gasteiger partial charge in [0.15, 0.2) is 11.4 Å². The summed E-state index contributed by atoms with van der Waals surface area (Å²) in [5, 5.41) is 59.2. The van der Waals surface area contributed by atoms with Gasteiger partial charge in [-0.1, -0.05) is 26.8 Å². The fourth-order valence-electron chi connectivity index (χ4n) is 6.24. The van der Waals surface area contributed by atoms with Gasteiger partial charge in [0.25, 0.3) is 5.91 Å². The van der Waals surface area contributed by atoms with Gasteiger partial charge >= 0.3 is 0 Å². The van der Waals surface area contributed by atoms with Crippen LogP contribution in [0.1, 0.15) is 37.8 Å². The predicted octanol–water partition coefficient (Wildman–Crippen LogP) is -0.582. The third-order valence-electron chi connectivity index (χ3n) is 8.41. The van der Waals surface area contributed by atoms with E-state index in [4.69, 9.17) is 11.5 Å². The number of phenolic OH excluding ortho intramolecular Hbond substituents is 1. The van der Waals surface area contributed by atoms with Gasteiger partial charge in [-0.3, -0.25) is 24.1 Å². The minimum atomic E-state index is -3.00. The highest BCUT2D eigenvalue weighted by Gasteiger charge is 2.68. The third-order valence-corrected chi connectivity index (χ3v) is 8.41. The van der Waals surface area contributed by atoms with E-state index in [1.54, 1.807) is 20.8 Å². The van der Waals surface area contributed by atoms with Crippen molar-refractivity contribution in [3.8, 4) is 5.75 Å². The van der Waals surface area contributed by atoms with E-state index in [1.165, 1.54) is 31.1 Å². The molecule has 13 nitrogen and oxygen atoms in total. The second kappa shape index (κ2) is 9.70. The summed E-state index contributed by atoms with van der Waals surface area (Å²) >= 11 is 0. The number of benzene rings is 1. The van der Waals surface area contributed by atoms with Crippen molar-refractivity contribution in [3.05, 3.63) is 40.2 Å². The van der Waals surface area contributed by atoms with Crippen LogP contribution in [0.4, 0.5) is 5.69 Å². The molecule has 13 heteroatoms. The molecule has 40 heavy (non-hydrogen) atoms. The number of ketones is 2. The number of aliphatic hydroxyl groups excluding tert-OH is 3. The maximum atomic E-state index is 14.0. The molecule has 0 spiro atoms. The lowest BCUT2D eigenvalue weighted by molar-refractivity contribution is -0.169. The highest BCUT2D eigenvalue weighted by molar-refractivity contribution is 6.24. The first-order valence-corrected chi connectivity index (χ1v) is 12.7. The van der Waals surface area contributed by atoms with Crippen molar-refractivity contribution in [1.82, 2.24) is 4.90 Å². The minimum Gasteiger partial charge on any atom is -0.508 e. The number of anilines is 1. The summed E-state index contributed by atoms with van der Waals surface area (Å²) < 4.78 is 0. The number of Topliss-reactive ketones (excluding diaryl/α,β-unsaturated/α-hetero) is 2. The van der Waals surface area contributed by atoms with E-state index in [9.17, 15) is 44.7 Å². The number of aromatic hydroxyl groups is 1. The summed E-state index contributed by atoms with van der Waals surface area (Å²) in [5.41, 5.74) is 6.66. The average Bonchev–Trinajstić information content (AvgIpc) is 2.86. The number of hydrogen-bond donors (Lipinski definition) is 8. The van der Waals surface area contributed by atoms with Gasteiger partial charge in [-0.2, -0.15) is 0 Å². The number of fused-ring (bicyclic) bond motifs is 3. The molecule has 3 aliphatic rings. The SMILES string of the molecule is CC(C)[C@H](N)C(=O)Nc1ccc2c(c1O)C(O)=C1C(=O)[C@]3(O)C(O)=C(C(N)=O)C(=O)[C@@H](N(C)C)C3C(O)C1[C@H]2C. The Kier molecular flexibility index (Phi) is 7.08. The van der Waals surface area contributed by atoms with Gasteiger partial charge in [-0.05, 0) is 37.6 Å². The smallest absolute Gasteiger partial charge is 0.255 e. The van der Waals surface area contributed by atoms with Crippen LogP contribution < -0.4 is 16.8 Å². The van der Waals surface area contributed by atoms with Crippen molar-refractivity contribution in [2.24, 2.45) is 29.2 Å². The molecule has 4 rings (SSSR count). The van der Waals surface area contributed by atoms with E-state index in [0.717, 1.165) is 0 Å². The minimum absolute atomic E-state index is 0.104.